The van der Waals surface area contributed by atoms with E-state index >= 15 is 0 Å². The van der Waals surface area contributed by atoms with Crippen LogP contribution in [-0.4, -0.2) is 38.3 Å². The Morgan fingerprint density at radius 1 is 1.35 bits per heavy atom. The Balaban J connectivity index is 0.00000192. The first-order valence-electron chi connectivity index (χ1n) is 8.15. The Hall–Kier alpha value is -1.30. The van der Waals surface area contributed by atoms with Gasteiger partial charge in [0.2, 0.25) is 5.91 Å². The standard InChI is InChI=1S/C17H24N2O3.ClH/c20-17(6-5-13-7-9-18-11-13)19-15-3-1-2-4-16(15)22-14-8-10-21-12-14;/h1-4,13-14,18H,5-12H2,(H,19,20);1H. The first-order valence-corrected chi connectivity index (χ1v) is 8.15. The molecule has 3 rings (SSSR count). The van der Waals surface area contributed by atoms with E-state index in [0.29, 0.717) is 18.9 Å². The molecule has 128 valence electrons. The van der Waals surface area contributed by atoms with Crippen molar-refractivity contribution in [3.63, 3.8) is 0 Å². The number of para-hydroxylation sites is 2. The zero-order valence-electron chi connectivity index (χ0n) is 13.3. The molecule has 0 aliphatic carbocycles. The highest BCUT2D eigenvalue weighted by Crippen LogP contribution is 2.27. The normalized spacial score (nSPS) is 23.3. The predicted molar refractivity (Wildman–Crippen MR) is 92.4 cm³/mol. The average Bonchev–Trinajstić information content (AvgIpc) is 3.20. The van der Waals surface area contributed by atoms with Gasteiger partial charge in [0.05, 0.1) is 18.9 Å². The van der Waals surface area contributed by atoms with Gasteiger partial charge >= 0.3 is 0 Å². The Kier molecular flexibility index (Phi) is 7.15. The number of carbonyl (C=O) groups is 1. The highest BCUT2D eigenvalue weighted by atomic mass is 35.5. The molecule has 23 heavy (non-hydrogen) atoms. The topological polar surface area (TPSA) is 59.6 Å². The highest BCUT2D eigenvalue weighted by molar-refractivity contribution is 5.92. The summed E-state index contributed by atoms with van der Waals surface area (Å²) < 4.78 is 11.3. The van der Waals surface area contributed by atoms with Gasteiger partial charge in [0, 0.05) is 12.8 Å². The zero-order valence-corrected chi connectivity index (χ0v) is 14.1. The van der Waals surface area contributed by atoms with E-state index < -0.39 is 0 Å². The molecule has 2 heterocycles. The monoisotopic (exact) mass is 340 g/mol. The van der Waals surface area contributed by atoms with Gasteiger partial charge in [-0.25, -0.2) is 0 Å². The Labute approximate surface area is 143 Å². The Morgan fingerprint density at radius 2 is 2.22 bits per heavy atom. The highest BCUT2D eigenvalue weighted by Gasteiger charge is 2.19. The Bertz CT molecular complexity index is 500. The summed E-state index contributed by atoms with van der Waals surface area (Å²) in [5, 5.41) is 6.31. The van der Waals surface area contributed by atoms with Crippen LogP contribution in [0, 0.1) is 5.92 Å². The van der Waals surface area contributed by atoms with Crippen LogP contribution in [0.25, 0.3) is 0 Å². The molecule has 2 fully saturated rings. The van der Waals surface area contributed by atoms with E-state index in [1.807, 2.05) is 24.3 Å². The zero-order chi connectivity index (χ0) is 15.2. The molecule has 1 aromatic rings. The van der Waals surface area contributed by atoms with Gasteiger partial charge in [0.1, 0.15) is 11.9 Å². The minimum absolute atomic E-state index is 0. The van der Waals surface area contributed by atoms with Crippen molar-refractivity contribution in [2.24, 2.45) is 5.92 Å². The number of ether oxygens (including phenoxy) is 2. The van der Waals surface area contributed by atoms with Crippen molar-refractivity contribution in [3.05, 3.63) is 24.3 Å². The summed E-state index contributed by atoms with van der Waals surface area (Å²) >= 11 is 0. The molecule has 6 heteroatoms. The van der Waals surface area contributed by atoms with Crippen molar-refractivity contribution in [2.45, 2.75) is 31.8 Å². The van der Waals surface area contributed by atoms with Crippen LogP contribution in [0.15, 0.2) is 24.3 Å². The third-order valence-corrected chi connectivity index (χ3v) is 4.28. The molecule has 0 aromatic heterocycles. The number of nitrogens with one attached hydrogen (secondary N) is 2. The quantitative estimate of drug-likeness (QED) is 0.835. The van der Waals surface area contributed by atoms with E-state index in [1.165, 1.54) is 6.42 Å². The third-order valence-electron chi connectivity index (χ3n) is 4.28. The van der Waals surface area contributed by atoms with E-state index in [2.05, 4.69) is 10.6 Å². The van der Waals surface area contributed by atoms with Crippen molar-refractivity contribution in [1.29, 1.82) is 0 Å². The summed E-state index contributed by atoms with van der Waals surface area (Å²) in [4.78, 5) is 12.1. The van der Waals surface area contributed by atoms with Gasteiger partial charge in [-0.2, -0.15) is 0 Å². The molecular formula is C17H25ClN2O3. The van der Waals surface area contributed by atoms with Crippen LogP contribution in [0.3, 0.4) is 0 Å². The maximum atomic E-state index is 12.1. The fourth-order valence-corrected chi connectivity index (χ4v) is 2.97. The minimum Gasteiger partial charge on any atom is -0.486 e. The summed E-state index contributed by atoms with van der Waals surface area (Å²) in [5.74, 6) is 1.42. The van der Waals surface area contributed by atoms with Crippen LogP contribution in [0.4, 0.5) is 5.69 Å². The van der Waals surface area contributed by atoms with E-state index in [9.17, 15) is 4.79 Å². The molecule has 2 unspecified atom stereocenters. The van der Waals surface area contributed by atoms with E-state index in [0.717, 1.165) is 44.0 Å². The fourth-order valence-electron chi connectivity index (χ4n) is 2.97. The maximum Gasteiger partial charge on any atom is 0.224 e. The lowest BCUT2D eigenvalue weighted by atomic mass is 10.0. The first-order chi connectivity index (χ1) is 10.8. The number of hydrogen-bond donors (Lipinski definition) is 2. The van der Waals surface area contributed by atoms with Gasteiger partial charge in [0.15, 0.2) is 0 Å². The van der Waals surface area contributed by atoms with E-state index in [1.54, 1.807) is 0 Å². The van der Waals surface area contributed by atoms with Gasteiger partial charge in [-0.05, 0) is 44.0 Å². The summed E-state index contributed by atoms with van der Waals surface area (Å²) in [6, 6.07) is 7.62. The molecule has 0 bridgehead atoms. The molecule has 5 nitrogen and oxygen atoms in total. The van der Waals surface area contributed by atoms with Gasteiger partial charge < -0.3 is 20.1 Å². The summed E-state index contributed by atoms with van der Waals surface area (Å²) in [6.45, 7) is 3.48. The van der Waals surface area contributed by atoms with Crippen molar-refractivity contribution in [1.82, 2.24) is 5.32 Å². The average molecular weight is 341 g/mol. The number of halogens is 1. The van der Waals surface area contributed by atoms with Gasteiger partial charge in [-0.1, -0.05) is 12.1 Å². The molecule has 2 N–H and O–H groups in total. The van der Waals surface area contributed by atoms with Crippen LogP contribution in [0.1, 0.15) is 25.7 Å². The summed E-state index contributed by atoms with van der Waals surface area (Å²) in [5.41, 5.74) is 0.754. The minimum atomic E-state index is 0. The van der Waals surface area contributed by atoms with Gasteiger partial charge in [-0.3, -0.25) is 4.79 Å². The van der Waals surface area contributed by atoms with E-state index in [-0.39, 0.29) is 24.4 Å². The molecule has 1 amide bonds. The van der Waals surface area contributed by atoms with Crippen LogP contribution >= 0.6 is 12.4 Å². The summed E-state index contributed by atoms with van der Waals surface area (Å²) in [7, 11) is 0. The van der Waals surface area contributed by atoms with Crippen LogP contribution < -0.4 is 15.4 Å². The van der Waals surface area contributed by atoms with Gasteiger partial charge in [-0.15, -0.1) is 12.4 Å². The molecule has 0 spiro atoms. The molecule has 2 saturated heterocycles. The van der Waals surface area contributed by atoms with Crippen LogP contribution in [0.5, 0.6) is 5.75 Å². The molecule has 1 aromatic carbocycles. The number of hydrogen-bond acceptors (Lipinski definition) is 4. The lowest BCUT2D eigenvalue weighted by molar-refractivity contribution is -0.116. The number of benzene rings is 1. The molecular weight excluding hydrogens is 316 g/mol. The SMILES string of the molecule is Cl.O=C(CCC1CCNC1)Nc1ccccc1OC1CCOC1. The maximum absolute atomic E-state index is 12.1. The number of carbonyl (C=O) groups excluding carboxylic acids is 1. The summed E-state index contributed by atoms with van der Waals surface area (Å²) in [6.07, 6.45) is 3.67. The second-order valence-electron chi connectivity index (χ2n) is 6.05. The Morgan fingerprint density at radius 3 is 2.96 bits per heavy atom. The second-order valence-corrected chi connectivity index (χ2v) is 6.05. The van der Waals surface area contributed by atoms with E-state index in [4.69, 9.17) is 9.47 Å². The van der Waals surface area contributed by atoms with Gasteiger partial charge in [0.25, 0.3) is 0 Å². The molecule has 2 aliphatic rings. The van der Waals surface area contributed by atoms with Crippen LogP contribution in [-0.2, 0) is 9.53 Å². The number of anilines is 1. The molecule has 0 radical (unpaired) electrons. The molecule has 2 atom stereocenters. The van der Waals surface area contributed by atoms with Crippen molar-refractivity contribution >= 4 is 24.0 Å². The number of amides is 1. The number of rotatable bonds is 6. The fraction of sp³-hybridized carbons (Fsp3) is 0.588. The smallest absolute Gasteiger partial charge is 0.224 e. The van der Waals surface area contributed by atoms with Crippen LogP contribution in [0.2, 0.25) is 0 Å². The largest absolute Gasteiger partial charge is 0.486 e. The lowest BCUT2D eigenvalue weighted by Gasteiger charge is -2.16. The molecule has 0 saturated carbocycles. The predicted octanol–water partition coefficient (Wildman–Crippen LogP) is 2.60. The second kappa shape index (κ2) is 9.11. The van der Waals surface area contributed by atoms with Crippen molar-refractivity contribution in [3.8, 4) is 5.75 Å². The first kappa shape index (κ1) is 18.0. The lowest BCUT2D eigenvalue weighted by Crippen LogP contribution is -2.19. The van der Waals surface area contributed by atoms with Crippen molar-refractivity contribution in [2.75, 3.05) is 31.6 Å². The molecule has 2 aliphatic heterocycles. The van der Waals surface area contributed by atoms with Crippen molar-refractivity contribution < 1.29 is 14.3 Å². The third kappa shape index (κ3) is 5.37.